The zero-order chi connectivity index (χ0) is 22.9. The van der Waals surface area contributed by atoms with Crippen LogP contribution in [0.15, 0.2) is 54.9 Å². The van der Waals surface area contributed by atoms with Gasteiger partial charge in [0, 0.05) is 60.7 Å². The number of nitrogens with zero attached hydrogens (tertiary/aromatic N) is 3. The van der Waals surface area contributed by atoms with Gasteiger partial charge in [0.05, 0.1) is 6.04 Å². The SMILES string of the molecule is C=C(CC)N1[C@H](c2ccc(NCCN3CCC(F)C3)nc2)c2[nH]c3ccccc3c2C[C@H]1C. The number of nitrogens with one attached hydrogen (secondary N) is 2. The van der Waals surface area contributed by atoms with Gasteiger partial charge in [-0.3, -0.25) is 4.90 Å². The van der Waals surface area contributed by atoms with Gasteiger partial charge in [0.1, 0.15) is 12.0 Å². The Balaban J connectivity index is 1.40. The molecule has 3 atom stereocenters. The largest absolute Gasteiger partial charge is 0.369 e. The quantitative estimate of drug-likeness (QED) is 0.517. The van der Waals surface area contributed by atoms with Crippen LogP contribution in [0.4, 0.5) is 10.2 Å². The van der Waals surface area contributed by atoms with Crippen LogP contribution < -0.4 is 5.32 Å². The lowest BCUT2D eigenvalue weighted by atomic mass is 9.88. The number of anilines is 1. The number of likely N-dealkylation sites (tertiary alicyclic amines) is 1. The molecule has 1 saturated heterocycles. The maximum Gasteiger partial charge on any atom is 0.125 e. The lowest BCUT2D eigenvalue weighted by molar-refractivity contribution is 0.196. The van der Waals surface area contributed by atoms with Crippen molar-refractivity contribution in [1.82, 2.24) is 19.8 Å². The molecule has 6 heteroatoms. The third kappa shape index (κ3) is 4.24. The number of aromatic nitrogens is 2. The van der Waals surface area contributed by atoms with Gasteiger partial charge in [0.15, 0.2) is 0 Å². The summed E-state index contributed by atoms with van der Waals surface area (Å²) in [4.78, 5) is 13.1. The number of pyridine rings is 1. The van der Waals surface area contributed by atoms with Crippen LogP contribution in [-0.4, -0.2) is 58.2 Å². The highest BCUT2D eigenvalue weighted by atomic mass is 19.1. The first-order valence-electron chi connectivity index (χ1n) is 12.2. The third-order valence-electron chi connectivity index (χ3n) is 7.20. The molecule has 33 heavy (non-hydrogen) atoms. The summed E-state index contributed by atoms with van der Waals surface area (Å²) in [6.07, 6.45) is 3.89. The van der Waals surface area contributed by atoms with Crippen LogP contribution in [0.1, 0.15) is 49.6 Å². The van der Waals surface area contributed by atoms with E-state index in [-0.39, 0.29) is 6.04 Å². The van der Waals surface area contributed by atoms with Crippen LogP contribution in [-0.2, 0) is 6.42 Å². The summed E-state index contributed by atoms with van der Waals surface area (Å²) in [6.45, 7) is 11.9. The number of alkyl halides is 1. The molecule has 0 radical (unpaired) electrons. The second kappa shape index (κ2) is 9.18. The van der Waals surface area contributed by atoms with Gasteiger partial charge >= 0.3 is 0 Å². The van der Waals surface area contributed by atoms with Crippen molar-refractivity contribution in [3.05, 3.63) is 71.7 Å². The smallest absolute Gasteiger partial charge is 0.125 e. The number of rotatable bonds is 7. The number of hydrogen-bond acceptors (Lipinski definition) is 4. The molecule has 0 spiro atoms. The summed E-state index contributed by atoms with van der Waals surface area (Å²) in [5.41, 5.74) is 6.15. The third-order valence-corrected chi connectivity index (χ3v) is 7.20. The monoisotopic (exact) mass is 447 g/mol. The highest BCUT2D eigenvalue weighted by molar-refractivity contribution is 5.85. The van der Waals surface area contributed by atoms with E-state index in [1.807, 2.05) is 6.20 Å². The van der Waals surface area contributed by atoms with Gasteiger partial charge in [-0.25, -0.2) is 9.37 Å². The van der Waals surface area contributed by atoms with E-state index in [4.69, 9.17) is 4.98 Å². The van der Waals surface area contributed by atoms with Crippen LogP contribution >= 0.6 is 0 Å². The fraction of sp³-hybridized carbons (Fsp3) is 0.444. The highest BCUT2D eigenvalue weighted by Crippen LogP contribution is 2.42. The molecule has 2 aromatic heterocycles. The maximum absolute atomic E-state index is 13.4. The first-order valence-corrected chi connectivity index (χ1v) is 12.2. The average molecular weight is 448 g/mol. The zero-order valence-corrected chi connectivity index (χ0v) is 19.6. The molecule has 4 heterocycles. The molecule has 0 bridgehead atoms. The van der Waals surface area contributed by atoms with Gasteiger partial charge in [-0.15, -0.1) is 0 Å². The number of para-hydroxylation sites is 1. The van der Waals surface area contributed by atoms with Crippen molar-refractivity contribution in [2.75, 3.05) is 31.5 Å². The fourth-order valence-electron chi connectivity index (χ4n) is 5.47. The topological polar surface area (TPSA) is 47.2 Å². The van der Waals surface area contributed by atoms with Gasteiger partial charge < -0.3 is 15.2 Å². The first-order chi connectivity index (χ1) is 16.0. The van der Waals surface area contributed by atoms with E-state index in [1.165, 1.54) is 22.2 Å². The van der Waals surface area contributed by atoms with Crippen molar-refractivity contribution in [2.45, 2.75) is 51.4 Å². The molecule has 3 aromatic rings. The molecule has 5 nitrogen and oxygen atoms in total. The lowest BCUT2D eigenvalue weighted by Gasteiger charge is -2.43. The van der Waals surface area contributed by atoms with Gasteiger partial charge in [-0.2, -0.15) is 0 Å². The van der Waals surface area contributed by atoms with E-state index < -0.39 is 6.17 Å². The molecule has 2 aliphatic heterocycles. The zero-order valence-electron chi connectivity index (χ0n) is 19.6. The molecule has 0 amide bonds. The number of aromatic amines is 1. The van der Waals surface area contributed by atoms with Gasteiger partial charge in [0.25, 0.3) is 0 Å². The van der Waals surface area contributed by atoms with Crippen LogP contribution in [0.5, 0.6) is 0 Å². The van der Waals surface area contributed by atoms with E-state index >= 15 is 0 Å². The number of halogens is 1. The van der Waals surface area contributed by atoms with Crippen molar-refractivity contribution in [2.24, 2.45) is 0 Å². The molecule has 1 aromatic carbocycles. The molecule has 5 rings (SSSR count). The Morgan fingerprint density at radius 2 is 2.12 bits per heavy atom. The van der Waals surface area contributed by atoms with Crippen molar-refractivity contribution in [1.29, 1.82) is 0 Å². The van der Waals surface area contributed by atoms with Crippen molar-refractivity contribution < 1.29 is 4.39 Å². The molecule has 174 valence electrons. The average Bonchev–Trinajstić information content (AvgIpc) is 3.41. The Kier molecular flexibility index (Phi) is 6.11. The van der Waals surface area contributed by atoms with E-state index in [0.717, 1.165) is 49.6 Å². The lowest BCUT2D eigenvalue weighted by Crippen LogP contribution is -2.41. The summed E-state index contributed by atoms with van der Waals surface area (Å²) < 4.78 is 13.4. The van der Waals surface area contributed by atoms with Gasteiger partial charge in [0.2, 0.25) is 0 Å². The number of benzene rings is 1. The molecule has 2 aliphatic rings. The Bertz CT molecular complexity index is 1120. The van der Waals surface area contributed by atoms with Crippen molar-refractivity contribution in [3.8, 4) is 0 Å². The highest BCUT2D eigenvalue weighted by Gasteiger charge is 2.36. The molecule has 1 fully saturated rings. The molecule has 0 saturated carbocycles. The minimum Gasteiger partial charge on any atom is -0.369 e. The van der Waals surface area contributed by atoms with E-state index in [1.54, 1.807) is 0 Å². The van der Waals surface area contributed by atoms with E-state index in [9.17, 15) is 4.39 Å². The van der Waals surface area contributed by atoms with Gasteiger partial charge in [-0.05, 0) is 49.4 Å². The molecule has 1 unspecified atom stereocenters. The van der Waals surface area contributed by atoms with Crippen molar-refractivity contribution in [3.63, 3.8) is 0 Å². The second-order valence-electron chi connectivity index (χ2n) is 9.44. The second-order valence-corrected chi connectivity index (χ2v) is 9.44. The predicted molar refractivity (Wildman–Crippen MR) is 133 cm³/mol. The Morgan fingerprint density at radius 3 is 2.85 bits per heavy atom. The van der Waals surface area contributed by atoms with Crippen LogP contribution in [0.2, 0.25) is 0 Å². The predicted octanol–water partition coefficient (Wildman–Crippen LogP) is 5.28. The minimum absolute atomic E-state index is 0.0660. The van der Waals surface area contributed by atoms with Crippen LogP contribution in [0.3, 0.4) is 0 Å². The Labute approximate surface area is 195 Å². The molecular formula is C27H34FN5. The standard InChI is InChI=1S/C27H34FN5/c1-4-18(2)33-19(3)15-23-22-7-5-6-8-24(22)31-26(23)27(33)20-9-10-25(30-16-20)29-12-14-32-13-11-21(28)17-32/h5-10,16,19,21,27,31H,2,4,11-15,17H2,1,3H3,(H,29,30)/t19-,21?,27-/m1/s1. The number of H-pyrrole nitrogens is 1. The van der Waals surface area contributed by atoms with Crippen molar-refractivity contribution >= 4 is 16.7 Å². The summed E-state index contributed by atoms with van der Waals surface area (Å²) in [5, 5.41) is 4.71. The van der Waals surface area contributed by atoms with Gasteiger partial charge in [-0.1, -0.05) is 37.8 Å². The summed E-state index contributed by atoms with van der Waals surface area (Å²) in [7, 11) is 0. The maximum atomic E-state index is 13.4. The Hall–Kier alpha value is -2.86. The summed E-state index contributed by atoms with van der Waals surface area (Å²) >= 11 is 0. The first kappa shape index (κ1) is 22.0. The number of allylic oxidation sites excluding steroid dienone is 1. The van der Waals surface area contributed by atoms with Crippen LogP contribution in [0, 0.1) is 0 Å². The van der Waals surface area contributed by atoms with E-state index in [0.29, 0.717) is 19.0 Å². The van der Waals surface area contributed by atoms with Crippen LogP contribution in [0.25, 0.3) is 10.9 Å². The Morgan fingerprint density at radius 1 is 1.27 bits per heavy atom. The normalized spacial score (nSPS) is 23.1. The minimum atomic E-state index is -0.671. The summed E-state index contributed by atoms with van der Waals surface area (Å²) in [6, 6.07) is 13.2. The number of hydrogen-bond donors (Lipinski definition) is 2. The molecular weight excluding hydrogens is 413 g/mol. The number of fused-ring (bicyclic) bond motifs is 3. The molecule has 2 N–H and O–H groups in total. The summed E-state index contributed by atoms with van der Waals surface area (Å²) in [5.74, 6) is 0.858. The fourth-order valence-corrected chi connectivity index (χ4v) is 5.47. The molecule has 0 aliphatic carbocycles. The van der Waals surface area contributed by atoms with E-state index in [2.05, 4.69) is 76.9 Å².